The summed E-state index contributed by atoms with van der Waals surface area (Å²) in [7, 11) is 1.26. The van der Waals surface area contributed by atoms with Gasteiger partial charge in [-0.15, -0.1) is 0 Å². The highest BCUT2D eigenvalue weighted by Crippen LogP contribution is 2.28. The summed E-state index contributed by atoms with van der Waals surface area (Å²) in [4.78, 5) is 23.6. The molecule has 1 amide bonds. The summed E-state index contributed by atoms with van der Waals surface area (Å²) < 4.78 is 9.90. The van der Waals surface area contributed by atoms with Crippen LogP contribution in [0.1, 0.15) is 42.3 Å². The third kappa shape index (κ3) is 7.40. The Kier molecular flexibility index (Phi) is 7.86. The Bertz CT molecular complexity index is 1220. The number of ether oxygens (including phenoxy) is 2. The van der Waals surface area contributed by atoms with Crippen molar-refractivity contribution >= 4 is 17.7 Å². The molecule has 3 aromatic carbocycles. The number of benzene rings is 3. The largest absolute Gasteiger partial charge is 0.508 e. The van der Waals surface area contributed by atoms with Gasteiger partial charge in [-0.2, -0.15) is 0 Å². The van der Waals surface area contributed by atoms with Crippen molar-refractivity contribution in [1.29, 1.82) is 0 Å². The predicted octanol–water partition coefficient (Wildman–Crippen LogP) is 5.19. The van der Waals surface area contributed by atoms with Gasteiger partial charge in [-0.05, 0) is 73.4 Å². The van der Waals surface area contributed by atoms with Crippen LogP contribution in [0.4, 0.5) is 10.5 Å². The molecule has 0 saturated carbocycles. The van der Waals surface area contributed by atoms with E-state index in [0.717, 1.165) is 16.7 Å². The number of anilines is 1. The highest BCUT2D eigenvalue weighted by Gasteiger charge is 2.16. The quantitative estimate of drug-likeness (QED) is 0.345. The van der Waals surface area contributed by atoms with E-state index in [1.807, 2.05) is 30.3 Å². The van der Waals surface area contributed by atoms with E-state index in [4.69, 9.17) is 4.74 Å². The fourth-order valence-corrected chi connectivity index (χ4v) is 3.43. The summed E-state index contributed by atoms with van der Waals surface area (Å²) in [6.07, 6.45) is -0.530. The van der Waals surface area contributed by atoms with Crippen LogP contribution in [0.25, 0.3) is 11.1 Å². The maximum atomic E-state index is 11.9. The lowest BCUT2D eigenvalue weighted by atomic mass is 10.0. The molecule has 3 aromatic rings. The Morgan fingerprint density at radius 1 is 0.886 bits per heavy atom. The number of phenols is 2. The number of hydrogen-bond donors (Lipinski definition) is 4. The lowest BCUT2D eigenvalue weighted by molar-refractivity contribution is 0.0522. The summed E-state index contributed by atoms with van der Waals surface area (Å²) in [6, 6.07) is 17.5. The number of hydrogen-bond acceptors (Lipinski definition) is 7. The van der Waals surface area contributed by atoms with Gasteiger partial charge in [0.25, 0.3) is 0 Å². The van der Waals surface area contributed by atoms with Crippen LogP contribution in [0.5, 0.6) is 11.5 Å². The van der Waals surface area contributed by atoms with E-state index in [1.165, 1.54) is 19.2 Å². The number of rotatable bonds is 7. The minimum absolute atomic E-state index is 0.0749. The van der Waals surface area contributed by atoms with Crippen LogP contribution in [0.2, 0.25) is 0 Å². The highest BCUT2D eigenvalue weighted by molar-refractivity contribution is 5.93. The van der Waals surface area contributed by atoms with Crippen LogP contribution in [0.3, 0.4) is 0 Å². The normalized spacial score (nSPS) is 11.0. The molecule has 0 aliphatic carbocycles. The summed E-state index contributed by atoms with van der Waals surface area (Å²) in [5, 5.41) is 26.2. The van der Waals surface area contributed by atoms with E-state index >= 15 is 0 Å². The zero-order valence-corrected chi connectivity index (χ0v) is 20.2. The van der Waals surface area contributed by atoms with Gasteiger partial charge in [0.1, 0.15) is 22.7 Å². The molecule has 0 fully saturated rings. The van der Waals surface area contributed by atoms with Gasteiger partial charge in [-0.1, -0.05) is 24.3 Å². The molecule has 3 rings (SSSR count). The van der Waals surface area contributed by atoms with Crippen LogP contribution < -0.4 is 10.6 Å². The first-order valence-corrected chi connectivity index (χ1v) is 11.1. The molecule has 0 spiro atoms. The zero-order chi connectivity index (χ0) is 25.6. The molecule has 0 saturated heterocycles. The summed E-state index contributed by atoms with van der Waals surface area (Å²) in [5.74, 6) is -0.671. The average Bonchev–Trinajstić information content (AvgIpc) is 2.80. The number of amides is 1. The average molecular weight is 479 g/mol. The summed E-state index contributed by atoms with van der Waals surface area (Å²) in [6.45, 7) is 6.05. The molecule has 0 aromatic heterocycles. The molecule has 35 heavy (non-hydrogen) atoms. The van der Waals surface area contributed by atoms with Crippen molar-refractivity contribution in [3.8, 4) is 22.6 Å². The van der Waals surface area contributed by atoms with Crippen molar-refractivity contribution in [3.05, 3.63) is 77.4 Å². The van der Waals surface area contributed by atoms with Gasteiger partial charge < -0.3 is 30.3 Å². The van der Waals surface area contributed by atoms with Crippen molar-refractivity contribution in [2.75, 3.05) is 12.4 Å². The second-order valence-corrected chi connectivity index (χ2v) is 9.02. The Morgan fingerprint density at radius 3 is 2.31 bits per heavy atom. The number of carbonyl (C=O) groups is 2. The molecule has 0 radical (unpaired) electrons. The third-order valence-corrected chi connectivity index (χ3v) is 4.97. The van der Waals surface area contributed by atoms with Crippen LogP contribution >= 0.6 is 0 Å². The minimum atomic E-state index is -0.598. The van der Waals surface area contributed by atoms with Crippen molar-refractivity contribution in [2.45, 2.75) is 39.5 Å². The van der Waals surface area contributed by atoms with Gasteiger partial charge in [-0.3, -0.25) is 0 Å². The molecule has 0 aliphatic rings. The van der Waals surface area contributed by atoms with Crippen molar-refractivity contribution < 1.29 is 29.3 Å². The van der Waals surface area contributed by atoms with Crippen LogP contribution in [-0.2, 0) is 22.6 Å². The summed E-state index contributed by atoms with van der Waals surface area (Å²) >= 11 is 0. The smallest absolute Gasteiger partial charge is 0.407 e. The Labute approximate surface area is 204 Å². The molecule has 4 N–H and O–H groups in total. The van der Waals surface area contributed by atoms with E-state index in [2.05, 4.69) is 15.4 Å². The number of carbonyl (C=O) groups excluding carboxylic acids is 2. The van der Waals surface area contributed by atoms with Gasteiger partial charge in [0, 0.05) is 24.8 Å². The fourth-order valence-electron chi connectivity index (χ4n) is 3.43. The maximum absolute atomic E-state index is 11.9. The molecule has 0 bridgehead atoms. The second kappa shape index (κ2) is 10.8. The van der Waals surface area contributed by atoms with Crippen LogP contribution in [0.15, 0.2) is 60.7 Å². The molecule has 0 unspecified atom stereocenters. The molecule has 0 heterocycles. The molecule has 8 nitrogen and oxygen atoms in total. The number of esters is 1. The van der Waals surface area contributed by atoms with E-state index < -0.39 is 17.7 Å². The lowest BCUT2D eigenvalue weighted by Gasteiger charge is -2.19. The van der Waals surface area contributed by atoms with Gasteiger partial charge >= 0.3 is 12.1 Å². The SMILES string of the molecule is COC(=O)c1ccc(-c2cccc(CNc3cc(O)cc(CNC(=O)OC(C)(C)C)c3)c2)cc1O. The Balaban J connectivity index is 1.67. The minimum Gasteiger partial charge on any atom is -0.508 e. The van der Waals surface area contributed by atoms with E-state index in [1.54, 1.807) is 39.0 Å². The number of nitrogens with one attached hydrogen (secondary N) is 2. The van der Waals surface area contributed by atoms with Crippen molar-refractivity contribution in [3.63, 3.8) is 0 Å². The van der Waals surface area contributed by atoms with Crippen molar-refractivity contribution in [2.24, 2.45) is 0 Å². The number of aromatic hydroxyl groups is 2. The molecule has 0 aliphatic heterocycles. The number of alkyl carbamates (subject to hydrolysis) is 1. The first-order chi connectivity index (χ1) is 16.5. The summed E-state index contributed by atoms with van der Waals surface area (Å²) in [5.41, 5.74) is 3.52. The fraction of sp³-hybridized carbons (Fsp3) is 0.259. The van der Waals surface area contributed by atoms with Gasteiger partial charge in [0.2, 0.25) is 0 Å². The molecular formula is C27H30N2O6. The van der Waals surface area contributed by atoms with E-state index in [-0.39, 0.29) is 23.6 Å². The first kappa shape index (κ1) is 25.4. The molecule has 0 atom stereocenters. The zero-order valence-electron chi connectivity index (χ0n) is 20.2. The molecular weight excluding hydrogens is 448 g/mol. The van der Waals surface area contributed by atoms with Gasteiger partial charge in [0.05, 0.1) is 7.11 Å². The third-order valence-electron chi connectivity index (χ3n) is 4.97. The van der Waals surface area contributed by atoms with Crippen molar-refractivity contribution in [1.82, 2.24) is 5.32 Å². The lowest BCUT2D eigenvalue weighted by Crippen LogP contribution is -2.32. The topological polar surface area (TPSA) is 117 Å². The molecule has 184 valence electrons. The second-order valence-electron chi connectivity index (χ2n) is 9.02. The van der Waals surface area contributed by atoms with Gasteiger partial charge in [0.15, 0.2) is 0 Å². The maximum Gasteiger partial charge on any atom is 0.407 e. The molecule has 8 heteroatoms. The number of methoxy groups -OCH3 is 1. The van der Waals surface area contributed by atoms with Gasteiger partial charge in [-0.25, -0.2) is 9.59 Å². The monoisotopic (exact) mass is 478 g/mol. The Hall–Kier alpha value is -4.20. The number of phenolic OH excluding ortho intramolecular Hbond substituents is 2. The predicted molar refractivity (Wildman–Crippen MR) is 133 cm³/mol. The standard InChI is InChI=1S/C27H30N2O6/c1-27(2,3)35-26(33)29-16-18-11-21(14-22(30)12-18)28-15-17-6-5-7-19(10-17)20-8-9-23(24(31)13-20)25(32)34-4/h5-14,28,30-31H,15-16H2,1-4H3,(H,29,33). The van der Waals surface area contributed by atoms with Crippen LogP contribution in [-0.4, -0.2) is 35.0 Å². The first-order valence-electron chi connectivity index (χ1n) is 11.1. The van der Waals surface area contributed by atoms with E-state index in [9.17, 15) is 19.8 Å². The van der Waals surface area contributed by atoms with E-state index in [0.29, 0.717) is 17.8 Å². The highest BCUT2D eigenvalue weighted by atomic mass is 16.6. The Morgan fingerprint density at radius 2 is 1.63 bits per heavy atom. The van der Waals surface area contributed by atoms with Crippen LogP contribution in [0, 0.1) is 0 Å².